The number of amides is 1. The zero-order valence-corrected chi connectivity index (χ0v) is 15.7. The van der Waals surface area contributed by atoms with Crippen molar-refractivity contribution in [2.75, 3.05) is 6.61 Å². The Bertz CT molecular complexity index is 996. The van der Waals surface area contributed by atoms with Gasteiger partial charge in [-0.1, -0.05) is 31.3 Å². The van der Waals surface area contributed by atoms with E-state index in [2.05, 4.69) is 24.9 Å². The first-order chi connectivity index (χ1) is 12.5. The van der Waals surface area contributed by atoms with Crippen LogP contribution in [0.15, 0.2) is 46.0 Å². The first-order valence-corrected chi connectivity index (χ1v) is 9.22. The summed E-state index contributed by atoms with van der Waals surface area (Å²) in [6, 6.07) is 9.25. The van der Waals surface area contributed by atoms with Gasteiger partial charge in [0.15, 0.2) is 10.6 Å². The zero-order valence-electron chi connectivity index (χ0n) is 14.9. The molecule has 0 bridgehead atoms. The predicted octanol–water partition coefficient (Wildman–Crippen LogP) is 3.72. The summed E-state index contributed by atoms with van der Waals surface area (Å²) in [7, 11) is 0. The van der Waals surface area contributed by atoms with E-state index in [1.807, 2.05) is 12.1 Å². The third-order valence-corrected chi connectivity index (χ3v) is 4.94. The highest BCUT2D eigenvalue weighted by atomic mass is 32.1. The lowest BCUT2D eigenvalue weighted by molar-refractivity contribution is -0.143. The minimum atomic E-state index is -0.483. The number of carbonyl (C=O) groups is 2. The van der Waals surface area contributed by atoms with Crippen LogP contribution in [0.2, 0.25) is 0 Å². The molecule has 3 rings (SSSR count). The second kappa shape index (κ2) is 7.70. The predicted molar refractivity (Wildman–Crippen MR) is 99.1 cm³/mol. The van der Waals surface area contributed by atoms with Gasteiger partial charge in [0.25, 0.3) is 0 Å². The van der Waals surface area contributed by atoms with Crippen LogP contribution in [0.1, 0.15) is 42.8 Å². The first kappa shape index (κ1) is 18.1. The van der Waals surface area contributed by atoms with Crippen LogP contribution in [-0.2, 0) is 16.1 Å². The third-order valence-electron chi connectivity index (χ3n) is 3.90. The van der Waals surface area contributed by atoms with Crippen molar-refractivity contribution in [1.29, 1.82) is 0 Å². The van der Waals surface area contributed by atoms with E-state index in [0.717, 1.165) is 10.2 Å². The molecule has 26 heavy (non-hydrogen) atoms. The number of hydrogen-bond donors (Lipinski definition) is 0. The van der Waals surface area contributed by atoms with Gasteiger partial charge in [0.05, 0.1) is 23.1 Å². The molecule has 136 valence electrons. The number of carbonyl (C=O) groups excluding carboxylic acids is 2. The molecule has 6 nitrogen and oxygen atoms in total. The van der Waals surface area contributed by atoms with Gasteiger partial charge in [-0.15, -0.1) is 0 Å². The van der Waals surface area contributed by atoms with Crippen molar-refractivity contribution >= 4 is 33.4 Å². The van der Waals surface area contributed by atoms with Gasteiger partial charge >= 0.3 is 11.9 Å². The molecule has 0 spiro atoms. The summed E-state index contributed by atoms with van der Waals surface area (Å²) < 4.78 is 12.8. The molecule has 0 unspecified atom stereocenters. The fourth-order valence-electron chi connectivity index (χ4n) is 2.56. The van der Waals surface area contributed by atoms with E-state index in [-0.39, 0.29) is 18.3 Å². The minimum absolute atomic E-state index is 0.000860. The molecule has 0 radical (unpaired) electrons. The highest BCUT2D eigenvalue weighted by Crippen LogP contribution is 2.23. The first-order valence-electron chi connectivity index (χ1n) is 8.41. The fraction of sp³-hybridized carbons (Fsp3) is 0.316. The van der Waals surface area contributed by atoms with Crippen molar-refractivity contribution in [3.8, 4) is 0 Å². The molecule has 1 amide bonds. The summed E-state index contributed by atoms with van der Waals surface area (Å²) in [5.74, 6) is -0.312. The Morgan fingerprint density at radius 1 is 1.31 bits per heavy atom. The van der Waals surface area contributed by atoms with E-state index >= 15 is 0 Å². The van der Waals surface area contributed by atoms with E-state index in [0.29, 0.717) is 17.3 Å². The maximum Gasteiger partial charge on any atom is 0.326 e. The number of aromatic nitrogens is 1. The van der Waals surface area contributed by atoms with Crippen molar-refractivity contribution in [2.24, 2.45) is 4.99 Å². The molecule has 7 heteroatoms. The number of hydrogen-bond acceptors (Lipinski definition) is 5. The Morgan fingerprint density at radius 2 is 2.12 bits per heavy atom. The number of fused-ring (bicyclic) bond motifs is 1. The van der Waals surface area contributed by atoms with Gasteiger partial charge in [-0.05, 0) is 42.7 Å². The summed E-state index contributed by atoms with van der Waals surface area (Å²) in [6.07, 6.45) is 1.43. The number of ether oxygens (including phenoxy) is 1. The van der Waals surface area contributed by atoms with Crippen molar-refractivity contribution in [3.05, 3.63) is 52.7 Å². The van der Waals surface area contributed by atoms with Crippen LogP contribution >= 0.6 is 11.3 Å². The van der Waals surface area contributed by atoms with Crippen LogP contribution in [0.5, 0.6) is 0 Å². The molecule has 2 heterocycles. The Balaban J connectivity index is 2.12. The van der Waals surface area contributed by atoms with Crippen LogP contribution in [0.25, 0.3) is 10.2 Å². The summed E-state index contributed by atoms with van der Waals surface area (Å²) in [5.41, 5.74) is 2.03. The van der Waals surface area contributed by atoms with Crippen LogP contribution in [0.3, 0.4) is 0 Å². The molecular weight excluding hydrogens is 352 g/mol. The van der Waals surface area contributed by atoms with Crippen molar-refractivity contribution < 1.29 is 18.7 Å². The van der Waals surface area contributed by atoms with Crippen molar-refractivity contribution in [3.63, 3.8) is 0 Å². The van der Waals surface area contributed by atoms with Gasteiger partial charge in [-0.2, -0.15) is 4.99 Å². The Kier molecular flexibility index (Phi) is 5.37. The molecule has 0 N–H and O–H groups in total. The molecule has 0 aliphatic heterocycles. The maximum atomic E-state index is 12.3. The Morgan fingerprint density at radius 3 is 2.77 bits per heavy atom. The van der Waals surface area contributed by atoms with Crippen molar-refractivity contribution in [2.45, 2.75) is 33.2 Å². The maximum absolute atomic E-state index is 12.3. The standard InChI is InChI=1S/C19H20N2O4S/c1-4-24-17(22)11-21-14-8-7-13(12(2)3)10-16(14)26-19(21)20-18(23)15-6-5-9-25-15/h5-10,12H,4,11H2,1-3H3. The van der Waals surface area contributed by atoms with Gasteiger partial charge in [0.2, 0.25) is 0 Å². The largest absolute Gasteiger partial charge is 0.465 e. The number of esters is 1. The topological polar surface area (TPSA) is 73.8 Å². The summed E-state index contributed by atoms with van der Waals surface area (Å²) in [5, 5.41) is 0. The second-order valence-electron chi connectivity index (χ2n) is 6.05. The minimum Gasteiger partial charge on any atom is -0.465 e. The fourth-order valence-corrected chi connectivity index (χ4v) is 3.64. The van der Waals surface area contributed by atoms with E-state index in [9.17, 15) is 9.59 Å². The lowest BCUT2D eigenvalue weighted by atomic mass is 10.0. The Labute approximate surface area is 154 Å². The summed E-state index contributed by atoms with van der Waals surface area (Å²) >= 11 is 1.37. The molecule has 1 aromatic carbocycles. The lowest BCUT2D eigenvalue weighted by Crippen LogP contribution is -2.23. The van der Waals surface area contributed by atoms with Gasteiger partial charge in [-0.3, -0.25) is 9.59 Å². The number of nitrogens with zero attached hydrogens (tertiary/aromatic N) is 2. The lowest BCUT2D eigenvalue weighted by Gasteiger charge is -2.07. The molecular formula is C19H20N2O4S. The SMILES string of the molecule is CCOC(=O)Cn1c(=NC(=O)c2ccco2)sc2cc(C(C)C)ccc21. The average molecular weight is 372 g/mol. The highest BCUT2D eigenvalue weighted by Gasteiger charge is 2.14. The van der Waals surface area contributed by atoms with Crippen molar-refractivity contribution in [1.82, 2.24) is 4.57 Å². The van der Waals surface area contributed by atoms with Crippen LogP contribution in [-0.4, -0.2) is 23.1 Å². The van der Waals surface area contributed by atoms with E-state index in [1.165, 1.54) is 23.2 Å². The molecule has 0 atom stereocenters. The monoisotopic (exact) mass is 372 g/mol. The third kappa shape index (κ3) is 3.77. The number of benzene rings is 1. The molecule has 0 fully saturated rings. The van der Waals surface area contributed by atoms with Crippen LogP contribution in [0.4, 0.5) is 0 Å². The molecule has 0 saturated carbocycles. The molecule has 0 aliphatic carbocycles. The smallest absolute Gasteiger partial charge is 0.326 e. The Hall–Kier alpha value is -2.67. The molecule has 3 aromatic rings. The zero-order chi connectivity index (χ0) is 18.7. The van der Waals surface area contributed by atoms with E-state index in [4.69, 9.17) is 9.15 Å². The number of furan rings is 1. The van der Waals surface area contributed by atoms with Gasteiger partial charge in [0, 0.05) is 0 Å². The number of thiazole rings is 1. The quantitative estimate of drug-likeness (QED) is 0.640. The average Bonchev–Trinajstić information content (AvgIpc) is 3.23. The van der Waals surface area contributed by atoms with Crippen LogP contribution in [0, 0.1) is 0 Å². The second-order valence-corrected chi connectivity index (χ2v) is 7.06. The molecule has 0 saturated heterocycles. The van der Waals surface area contributed by atoms with Gasteiger partial charge < -0.3 is 13.7 Å². The van der Waals surface area contributed by atoms with E-state index in [1.54, 1.807) is 23.6 Å². The molecule has 0 aliphatic rings. The normalized spacial score (nSPS) is 12.1. The summed E-state index contributed by atoms with van der Waals surface area (Å²) in [6.45, 7) is 6.30. The highest BCUT2D eigenvalue weighted by molar-refractivity contribution is 7.16. The molecule has 2 aromatic heterocycles. The van der Waals surface area contributed by atoms with Crippen LogP contribution < -0.4 is 4.80 Å². The van der Waals surface area contributed by atoms with Gasteiger partial charge in [-0.25, -0.2) is 0 Å². The van der Waals surface area contributed by atoms with Gasteiger partial charge in [0.1, 0.15) is 6.54 Å². The summed E-state index contributed by atoms with van der Waals surface area (Å²) in [4.78, 5) is 28.9. The number of rotatable bonds is 5. The van der Waals surface area contributed by atoms with E-state index < -0.39 is 5.91 Å².